The number of ether oxygens (including phenoxy) is 1. The van der Waals surface area contributed by atoms with Crippen LogP contribution in [0.25, 0.3) is 0 Å². The van der Waals surface area contributed by atoms with Crippen LogP contribution in [0.2, 0.25) is 0 Å². The first-order chi connectivity index (χ1) is 4.31. The molecule has 0 saturated heterocycles. The highest BCUT2D eigenvalue weighted by Gasteiger charge is 1.94. The van der Waals surface area contributed by atoms with Crippen molar-refractivity contribution in [1.29, 1.82) is 5.26 Å². The van der Waals surface area contributed by atoms with Crippen LogP contribution < -0.4 is 10.9 Å². The smallest absolute Gasteiger partial charge is 0.426 e. The fourth-order valence-corrected chi connectivity index (χ4v) is 0.246. The third-order valence-corrected chi connectivity index (χ3v) is 0.496. The van der Waals surface area contributed by atoms with Crippen molar-refractivity contribution in [3.63, 3.8) is 0 Å². The molecule has 0 saturated carbocycles. The summed E-state index contributed by atoms with van der Waals surface area (Å²) >= 11 is 0. The van der Waals surface area contributed by atoms with Crippen molar-refractivity contribution in [2.24, 2.45) is 0 Å². The quantitative estimate of drug-likeness (QED) is 0.305. The summed E-state index contributed by atoms with van der Waals surface area (Å²) in [5.74, 6) is 0. The zero-order valence-corrected chi connectivity index (χ0v) is 4.97. The second-order valence-electron chi connectivity index (χ2n) is 1.08. The first-order valence-corrected chi connectivity index (χ1v) is 2.38. The van der Waals surface area contributed by atoms with Crippen LogP contribution in [-0.4, -0.2) is 12.7 Å². The van der Waals surface area contributed by atoms with E-state index in [2.05, 4.69) is 4.74 Å². The fourth-order valence-electron chi connectivity index (χ4n) is 0.246. The number of hydrogen-bond donors (Lipinski definition) is 2. The van der Waals surface area contributed by atoms with Gasteiger partial charge in [-0.2, -0.15) is 5.26 Å². The minimum Gasteiger partial charge on any atom is -0.449 e. The highest BCUT2D eigenvalue weighted by molar-refractivity contribution is 5.66. The van der Waals surface area contributed by atoms with E-state index in [1.165, 1.54) is 6.19 Å². The SMILES string of the molecule is CCOC(=O)NNC#N. The van der Waals surface area contributed by atoms with Crippen molar-refractivity contribution in [1.82, 2.24) is 10.9 Å². The maximum absolute atomic E-state index is 10.3. The first kappa shape index (κ1) is 7.56. The van der Waals surface area contributed by atoms with E-state index in [-0.39, 0.29) is 0 Å². The van der Waals surface area contributed by atoms with E-state index in [1.54, 1.807) is 6.92 Å². The van der Waals surface area contributed by atoms with Gasteiger partial charge in [0, 0.05) is 0 Å². The molecule has 0 unspecified atom stereocenters. The van der Waals surface area contributed by atoms with Gasteiger partial charge in [0.05, 0.1) is 6.61 Å². The third-order valence-electron chi connectivity index (χ3n) is 0.496. The van der Waals surface area contributed by atoms with Gasteiger partial charge in [-0.3, -0.25) is 0 Å². The normalized spacial score (nSPS) is 7.11. The molecule has 0 fully saturated rings. The maximum Gasteiger partial charge on any atom is 0.426 e. The Bertz CT molecular complexity index is 128. The van der Waals surface area contributed by atoms with Crippen LogP contribution in [-0.2, 0) is 4.74 Å². The number of amides is 1. The average Bonchev–Trinajstić information content (AvgIpc) is 1.85. The summed E-state index contributed by atoms with van der Waals surface area (Å²) in [4.78, 5) is 10.3. The van der Waals surface area contributed by atoms with Gasteiger partial charge in [-0.1, -0.05) is 0 Å². The zero-order chi connectivity index (χ0) is 7.11. The maximum atomic E-state index is 10.3. The number of rotatable bonds is 2. The standard InChI is InChI=1S/C4H7N3O2/c1-2-9-4(8)7-6-3-5/h6H,2H2,1H3,(H,7,8). The third kappa shape index (κ3) is 4.41. The molecule has 0 bridgehead atoms. The Hall–Kier alpha value is -1.44. The van der Waals surface area contributed by atoms with E-state index in [0.717, 1.165) is 0 Å². The Balaban J connectivity index is 3.19. The van der Waals surface area contributed by atoms with E-state index in [4.69, 9.17) is 5.26 Å². The lowest BCUT2D eigenvalue weighted by molar-refractivity contribution is 0.149. The molecule has 0 aliphatic rings. The van der Waals surface area contributed by atoms with Gasteiger partial charge >= 0.3 is 6.09 Å². The van der Waals surface area contributed by atoms with Gasteiger partial charge in [0.1, 0.15) is 0 Å². The van der Waals surface area contributed by atoms with Crippen molar-refractivity contribution < 1.29 is 9.53 Å². The lowest BCUT2D eigenvalue weighted by atomic mass is 10.9. The Morgan fingerprint density at radius 1 is 1.89 bits per heavy atom. The molecule has 5 heteroatoms. The van der Waals surface area contributed by atoms with Crippen molar-refractivity contribution in [2.45, 2.75) is 6.92 Å². The number of nitrogens with one attached hydrogen (secondary N) is 2. The molecule has 0 spiro atoms. The van der Waals surface area contributed by atoms with E-state index < -0.39 is 6.09 Å². The summed E-state index contributed by atoms with van der Waals surface area (Å²) in [5, 5.41) is 7.85. The molecule has 2 N–H and O–H groups in total. The molecule has 0 atom stereocenters. The molecule has 0 rings (SSSR count). The van der Waals surface area contributed by atoms with Crippen LogP contribution in [0, 0.1) is 11.5 Å². The van der Waals surface area contributed by atoms with Crippen LogP contribution in [0.15, 0.2) is 0 Å². The molecule has 0 aromatic rings. The molecule has 0 aliphatic carbocycles. The Morgan fingerprint density at radius 2 is 2.56 bits per heavy atom. The van der Waals surface area contributed by atoms with E-state index >= 15 is 0 Å². The van der Waals surface area contributed by atoms with E-state index in [1.807, 2.05) is 10.9 Å². The van der Waals surface area contributed by atoms with Gasteiger partial charge in [-0.05, 0) is 6.92 Å². The number of hydrogen-bond acceptors (Lipinski definition) is 4. The van der Waals surface area contributed by atoms with Crippen molar-refractivity contribution in [3.8, 4) is 6.19 Å². The van der Waals surface area contributed by atoms with Crippen LogP contribution >= 0.6 is 0 Å². The summed E-state index contributed by atoms with van der Waals surface area (Å²) in [6.45, 7) is 1.96. The Labute approximate surface area is 52.6 Å². The molecule has 5 nitrogen and oxygen atoms in total. The van der Waals surface area contributed by atoms with Gasteiger partial charge in [0.15, 0.2) is 6.19 Å². The topological polar surface area (TPSA) is 74.2 Å². The molecular weight excluding hydrogens is 122 g/mol. The number of hydrazine groups is 1. The van der Waals surface area contributed by atoms with Crippen LogP contribution in [0.4, 0.5) is 4.79 Å². The van der Waals surface area contributed by atoms with Gasteiger partial charge in [-0.15, -0.1) is 0 Å². The summed E-state index contributed by atoms with van der Waals surface area (Å²) in [6, 6.07) is 0. The highest BCUT2D eigenvalue weighted by atomic mass is 16.5. The number of nitrogens with zero attached hydrogens (tertiary/aromatic N) is 1. The molecule has 50 valence electrons. The fraction of sp³-hybridized carbons (Fsp3) is 0.500. The molecular formula is C4H7N3O2. The van der Waals surface area contributed by atoms with Crippen molar-refractivity contribution in [2.75, 3.05) is 6.61 Å². The lowest BCUT2D eigenvalue weighted by Crippen LogP contribution is -2.34. The molecule has 0 aromatic carbocycles. The number of carbonyl (C=O) groups is 1. The Kier molecular flexibility index (Phi) is 3.96. The van der Waals surface area contributed by atoms with E-state index in [0.29, 0.717) is 6.61 Å². The Morgan fingerprint density at radius 3 is 3.00 bits per heavy atom. The highest BCUT2D eigenvalue weighted by Crippen LogP contribution is 1.70. The molecule has 0 radical (unpaired) electrons. The lowest BCUT2D eigenvalue weighted by Gasteiger charge is -1.99. The minimum absolute atomic E-state index is 0.291. The summed E-state index contributed by atoms with van der Waals surface area (Å²) < 4.78 is 4.38. The molecule has 0 aliphatic heterocycles. The number of nitriles is 1. The summed E-state index contributed by atoms with van der Waals surface area (Å²) in [5.41, 5.74) is 3.87. The van der Waals surface area contributed by atoms with Gasteiger partial charge in [0.2, 0.25) is 0 Å². The van der Waals surface area contributed by atoms with Crippen molar-refractivity contribution >= 4 is 6.09 Å². The van der Waals surface area contributed by atoms with Crippen molar-refractivity contribution in [3.05, 3.63) is 0 Å². The average molecular weight is 129 g/mol. The monoisotopic (exact) mass is 129 g/mol. The predicted octanol–water partition coefficient (Wildman–Crippen LogP) is -0.282. The van der Waals surface area contributed by atoms with Gasteiger partial charge in [-0.25, -0.2) is 15.6 Å². The second kappa shape index (κ2) is 4.71. The summed E-state index contributed by atoms with van der Waals surface area (Å²) in [7, 11) is 0. The van der Waals surface area contributed by atoms with Crippen LogP contribution in [0.5, 0.6) is 0 Å². The first-order valence-electron chi connectivity index (χ1n) is 2.38. The predicted molar refractivity (Wildman–Crippen MR) is 28.9 cm³/mol. The zero-order valence-electron chi connectivity index (χ0n) is 4.97. The van der Waals surface area contributed by atoms with Gasteiger partial charge in [0.25, 0.3) is 0 Å². The largest absolute Gasteiger partial charge is 0.449 e. The van der Waals surface area contributed by atoms with Crippen LogP contribution in [0.3, 0.4) is 0 Å². The van der Waals surface area contributed by atoms with E-state index in [9.17, 15) is 4.79 Å². The molecule has 0 heterocycles. The molecule has 9 heavy (non-hydrogen) atoms. The molecule has 0 aromatic heterocycles. The molecule has 1 amide bonds. The van der Waals surface area contributed by atoms with Crippen LogP contribution in [0.1, 0.15) is 6.92 Å². The minimum atomic E-state index is -0.654. The second-order valence-corrected chi connectivity index (χ2v) is 1.08. The number of carbonyl (C=O) groups excluding carboxylic acids is 1. The summed E-state index contributed by atoms with van der Waals surface area (Å²) in [6.07, 6.45) is 0.841. The van der Waals surface area contributed by atoms with Gasteiger partial charge < -0.3 is 4.74 Å².